The third-order valence-electron chi connectivity index (χ3n) is 4.51. The van der Waals surface area contributed by atoms with Gasteiger partial charge in [-0.15, -0.1) is 5.10 Å². The molecule has 0 spiro atoms. The molecule has 1 unspecified atom stereocenters. The highest BCUT2D eigenvalue weighted by molar-refractivity contribution is 5.74. The van der Waals surface area contributed by atoms with Gasteiger partial charge in [0.05, 0.1) is 6.54 Å². The van der Waals surface area contributed by atoms with Gasteiger partial charge in [-0.05, 0) is 47.6 Å². The Morgan fingerprint density at radius 3 is 2.74 bits per heavy atom. The zero-order chi connectivity index (χ0) is 19.1. The fourth-order valence-corrected chi connectivity index (χ4v) is 2.85. The van der Waals surface area contributed by atoms with E-state index < -0.39 is 5.97 Å². The molecule has 3 rings (SSSR count). The summed E-state index contributed by atoms with van der Waals surface area (Å²) in [5.41, 5.74) is 1.04. The predicted octanol–water partition coefficient (Wildman–Crippen LogP) is 1.36. The molecule has 0 radical (unpaired) electrons. The Kier molecular flexibility index (Phi) is 6.35. The van der Waals surface area contributed by atoms with Crippen molar-refractivity contribution >= 4 is 12.0 Å². The van der Waals surface area contributed by atoms with Crippen molar-refractivity contribution in [3.8, 4) is 0 Å². The highest BCUT2D eigenvalue weighted by Crippen LogP contribution is 2.30. The Bertz CT molecular complexity index is 759. The van der Waals surface area contributed by atoms with Crippen LogP contribution in [-0.4, -0.2) is 43.4 Å². The number of carboxylic acid groups (broad SMARTS) is 1. The first kappa shape index (κ1) is 18.8. The van der Waals surface area contributed by atoms with E-state index in [9.17, 15) is 9.59 Å². The summed E-state index contributed by atoms with van der Waals surface area (Å²) in [6.45, 7) is 1.00. The topological polar surface area (TPSA) is 122 Å². The van der Waals surface area contributed by atoms with Crippen LogP contribution in [0.15, 0.2) is 30.3 Å². The first-order chi connectivity index (χ1) is 13.1. The number of amides is 2. The van der Waals surface area contributed by atoms with Crippen LogP contribution in [0, 0.1) is 5.92 Å². The lowest BCUT2D eigenvalue weighted by Gasteiger charge is -2.18. The van der Waals surface area contributed by atoms with Gasteiger partial charge in [-0.3, -0.25) is 4.79 Å². The number of nitrogens with one attached hydrogen (secondary N) is 2. The summed E-state index contributed by atoms with van der Waals surface area (Å²) in [5.74, 6) is 0.365. The van der Waals surface area contributed by atoms with E-state index in [0.29, 0.717) is 24.6 Å². The minimum Gasteiger partial charge on any atom is -0.481 e. The molecule has 2 amide bonds. The van der Waals surface area contributed by atoms with Gasteiger partial charge in [0, 0.05) is 19.0 Å². The van der Waals surface area contributed by atoms with Crippen LogP contribution in [0.2, 0.25) is 0 Å². The quantitative estimate of drug-likeness (QED) is 0.579. The largest absolute Gasteiger partial charge is 0.481 e. The maximum absolute atomic E-state index is 12.3. The van der Waals surface area contributed by atoms with Crippen molar-refractivity contribution < 1.29 is 14.7 Å². The molecule has 0 aliphatic heterocycles. The number of aromatic nitrogens is 4. The molecular formula is C18H24N6O3. The molecule has 9 nitrogen and oxygen atoms in total. The Morgan fingerprint density at radius 1 is 1.26 bits per heavy atom. The molecular weight excluding hydrogens is 348 g/mol. The van der Waals surface area contributed by atoms with E-state index in [1.807, 2.05) is 30.3 Å². The average Bonchev–Trinajstić information content (AvgIpc) is 3.35. The molecule has 144 valence electrons. The standard InChI is InChI=1S/C18H24N6O3/c25-17(26)9-8-15(10-13-4-2-1-3-5-13)20-18(27)19-11-16-21-22-23-24(16)12-14-6-7-14/h1-5,14-15H,6-12H2,(H,25,26)(H2,19,20,27). The van der Waals surface area contributed by atoms with E-state index in [-0.39, 0.29) is 25.0 Å². The van der Waals surface area contributed by atoms with Gasteiger partial charge in [-0.25, -0.2) is 9.48 Å². The number of rotatable bonds is 10. The number of urea groups is 1. The average molecular weight is 372 g/mol. The lowest BCUT2D eigenvalue weighted by Crippen LogP contribution is -2.43. The van der Waals surface area contributed by atoms with Gasteiger partial charge in [0.2, 0.25) is 0 Å². The predicted molar refractivity (Wildman–Crippen MR) is 96.7 cm³/mol. The Balaban J connectivity index is 1.51. The van der Waals surface area contributed by atoms with Crippen molar-refractivity contribution in [3.63, 3.8) is 0 Å². The van der Waals surface area contributed by atoms with Crippen LogP contribution < -0.4 is 10.6 Å². The molecule has 1 atom stereocenters. The fraction of sp³-hybridized carbons (Fsp3) is 0.500. The van der Waals surface area contributed by atoms with E-state index in [0.717, 1.165) is 12.1 Å². The number of carboxylic acids is 1. The lowest BCUT2D eigenvalue weighted by atomic mass is 10.0. The first-order valence-corrected chi connectivity index (χ1v) is 9.15. The second kappa shape index (κ2) is 9.11. The van der Waals surface area contributed by atoms with Gasteiger partial charge in [-0.2, -0.15) is 0 Å². The summed E-state index contributed by atoms with van der Waals surface area (Å²) in [7, 11) is 0. The van der Waals surface area contributed by atoms with E-state index in [1.54, 1.807) is 4.68 Å². The molecule has 1 heterocycles. The molecule has 0 bridgehead atoms. The highest BCUT2D eigenvalue weighted by Gasteiger charge is 2.24. The van der Waals surface area contributed by atoms with Crippen molar-refractivity contribution in [3.05, 3.63) is 41.7 Å². The van der Waals surface area contributed by atoms with Crippen molar-refractivity contribution in [2.45, 2.75) is 51.2 Å². The summed E-state index contributed by atoms with van der Waals surface area (Å²) in [4.78, 5) is 23.2. The third-order valence-corrected chi connectivity index (χ3v) is 4.51. The minimum atomic E-state index is -0.880. The van der Waals surface area contributed by atoms with Gasteiger partial charge < -0.3 is 15.7 Å². The number of carbonyl (C=O) groups is 2. The van der Waals surface area contributed by atoms with Gasteiger partial charge in [0.15, 0.2) is 5.82 Å². The molecule has 1 aliphatic carbocycles. The van der Waals surface area contributed by atoms with E-state index in [4.69, 9.17) is 5.11 Å². The summed E-state index contributed by atoms with van der Waals surface area (Å²) in [6, 6.07) is 9.04. The Morgan fingerprint density at radius 2 is 2.04 bits per heavy atom. The zero-order valence-electron chi connectivity index (χ0n) is 15.0. The van der Waals surface area contributed by atoms with Crippen molar-refractivity contribution in [1.82, 2.24) is 30.8 Å². The fourth-order valence-electron chi connectivity index (χ4n) is 2.85. The van der Waals surface area contributed by atoms with Gasteiger partial charge >= 0.3 is 12.0 Å². The molecule has 1 saturated carbocycles. The maximum Gasteiger partial charge on any atom is 0.315 e. The van der Waals surface area contributed by atoms with Crippen molar-refractivity contribution in [1.29, 1.82) is 0 Å². The van der Waals surface area contributed by atoms with Crippen LogP contribution in [0.4, 0.5) is 4.79 Å². The van der Waals surface area contributed by atoms with Crippen molar-refractivity contribution in [2.24, 2.45) is 5.92 Å². The maximum atomic E-state index is 12.3. The van der Waals surface area contributed by atoms with Gasteiger partial charge in [-0.1, -0.05) is 30.3 Å². The SMILES string of the molecule is O=C(O)CCC(Cc1ccccc1)NC(=O)NCc1nnnn1CC1CC1. The number of hydrogen-bond acceptors (Lipinski definition) is 5. The first-order valence-electron chi connectivity index (χ1n) is 9.15. The van der Waals surface area contributed by atoms with E-state index in [2.05, 4.69) is 26.2 Å². The van der Waals surface area contributed by atoms with Crippen LogP contribution >= 0.6 is 0 Å². The normalized spacial score (nSPS) is 14.5. The number of nitrogens with zero attached hydrogens (tertiary/aromatic N) is 4. The molecule has 1 fully saturated rings. The summed E-state index contributed by atoms with van der Waals surface area (Å²) in [6.07, 6.45) is 3.31. The molecule has 0 saturated heterocycles. The Hall–Kier alpha value is -2.97. The number of aliphatic carboxylic acids is 1. The second-order valence-electron chi connectivity index (χ2n) is 6.87. The van der Waals surface area contributed by atoms with E-state index in [1.165, 1.54) is 12.8 Å². The summed E-state index contributed by atoms with van der Waals surface area (Å²) >= 11 is 0. The Labute approximate surface area is 157 Å². The summed E-state index contributed by atoms with van der Waals surface area (Å²) < 4.78 is 1.73. The zero-order valence-corrected chi connectivity index (χ0v) is 15.0. The summed E-state index contributed by atoms with van der Waals surface area (Å²) in [5, 5.41) is 26.2. The van der Waals surface area contributed by atoms with E-state index >= 15 is 0 Å². The van der Waals surface area contributed by atoms with Gasteiger partial charge in [0.25, 0.3) is 0 Å². The smallest absolute Gasteiger partial charge is 0.315 e. The lowest BCUT2D eigenvalue weighted by molar-refractivity contribution is -0.137. The molecule has 9 heteroatoms. The van der Waals surface area contributed by atoms with Crippen LogP contribution in [0.25, 0.3) is 0 Å². The molecule has 3 N–H and O–H groups in total. The molecule has 1 aliphatic rings. The number of benzene rings is 1. The monoisotopic (exact) mass is 372 g/mol. The molecule has 1 aromatic carbocycles. The molecule has 2 aromatic rings. The molecule has 27 heavy (non-hydrogen) atoms. The highest BCUT2D eigenvalue weighted by atomic mass is 16.4. The minimum absolute atomic E-state index is 0.00256. The van der Waals surface area contributed by atoms with Crippen LogP contribution in [0.1, 0.15) is 37.1 Å². The van der Waals surface area contributed by atoms with Crippen LogP contribution in [0.3, 0.4) is 0 Å². The number of carbonyl (C=O) groups excluding carboxylic acids is 1. The second-order valence-corrected chi connectivity index (χ2v) is 6.87. The third kappa shape index (κ3) is 6.36. The van der Waals surface area contributed by atoms with Gasteiger partial charge in [0.1, 0.15) is 0 Å². The molecule has 1 aromatic heterocycles. The number of tetrazole rings is 1. The van der Waals surface area contributed by atoms with Crippen LogP contribution in [-0.2, 0) is 24.3 Å². The number of hydrogen-bond donors (Lipinski definition) is 3. The van der Waals surface area contributed by atoms with Crippen molar-refractivity contribution in [2.75, 3.05) is 0 Å². The van der Waals surface area contributed by atoms with Crippen LogP contribution in [0.5, 0.6) is 0 Å².